The van der Waals surface area contributed by atoms with Gasteiger partial charge in [-0.25, -0.2) is 4.68 Å². The molecule has 2 atom stereocenters. The van der Waals surface area contributed by atoms with E-state index in [1.165, 1.54) is 6.33 Å². The van der Waals surface area contributed by atoms with Crippen molar-refractivity contribution in [3.8, 4) is 0 Å². The fraction of sp³-hybridized carbons (Fsp3) is 0.529. The van der Waals surface area contributed by atoms with Crippen molar-refractivity contribution in [2.24, 2.45) is 5.92 Å². The number of aryl methyl sites for hydroxylation is 1. The summed E-state index contributed by atoms with van der Waals surface area (Å²) < 4.78 is 1.56. The first-order valence-corrected chi connectivity index (χ1v) is 8.90. The Bertz CT molecular complexity index is 765. The van der Waals surface area contributed by atoms with Crippen LogP contribution in [-0.4, -0.2) is 72.5 Å². The molecule has 0 saturated carbocycles. The summed E-state index contributed by atoms with van der Waals surface area (Å²) in [5, 5.41) is 11.0. The van der Waals surface area contributed by atoms with Crippen molar-refractivity contribution in [3.63, 3.8) is 0 Å². The van der Waals surface area contributed by atoms with E-state index in [4.69, 9.17) is 0 Å². The Balaban J connectivity index is 1.43. The van der Waals surface area contributed by atoms with Gasteiger partial charge in [-0.1, -0.05) is 0 Å². The molecule has 0 spiro atoms. The summed E-state index contributed by atoms with van der Waals surface area (Å²) in [6.07, 6.45) is 7.15. The van der Waals surface area contributed by atoms with Crippen molar-refractivity contribution in [1.29, 1.82) is 0 Å². The maximum absolute atomic E-state index is 12.8. The molecule has 136 valence electrons. The van der Waals surface area contributed by atoms with Gasteiger partial charge in [0.15, 0.2) is 0 Å². The highest BCUT2D eigenvalue weighted by molar-refractivity contribution is 5.94. The number of hydrogen-bond acceptors (Lipinski definition) is 6. The average molecular weight is 355 g/mol. The molecule has 0 unspecified atom stereocenters. The van der Waals surface area contributed by atoms with Crippen molar-refractivity contribution in [2.75, 3.05) is 19.6 Å². The normalized spacial score (nSPS) is 22.3. The second kappa shape index (κ2) is 7.19. The van der Waals surface area contributed by atoms with Crippen LogP contribution in [0.25, 0.3) is 0 Å². The van der Waals surface area contributed by atoms with Gasteiger partial charge < -0.3 is 9.80 Å². The van der Waals surface area contributed by atoms with Gasteiger partial charge in [-0.3, -0.25) is 14.6 Å². The maximum Gasteiger partial charge on any atom is 0.254 e. The second-order valence-corrected chi connectivity index (χ2v) is 6.91. The quantitative estimate of drug-likeness (QED) is 0.778. The van der Waals surface area contributed by atoms with Crippen LogP contribution in [0.2, 0.25) is 0 Å². The molecule has 26 heavy (non-hydrogen) atoms. The third-order valence-corrected chi connectivity index (χ3v) is 5.19. The Morgan fingerprint density at radius 2 is 1.96 bits per heavy atom. The lowest BCUT2D eigenvalue weighted by molar-refractivity contribution is -0.135. The topological polar surface area (TPSA) is 97.1 Å². The van der Waals surface area contributed by atoms with E-state index in [-0.39, 0.29) is 17.9 Å². The van der Waals surface area contributed by atoms with Crippen LogP contribution in [0.1, 0.15) is 29.6 Å². The first-order valence-electron chi connectivity index (χ1n) is 8.90. The SMILES string of the molecule is O=C(c1ccncc1)N1C[C@@H]2CC[C@H](C1)N(C(=O)CCn1cnnn1)C2. The van der Waals surface area contributed by atoms with E-state index in [0.717, 1.165) is 19.4 Å². The Morgan fingerprint density at radius 1 is 1.12 bits per heavy atom. The van der Waals surface area contributed by atoms with Crippen LogP contribution >= 0.6 is 0 Å². The molecule has 3 saturated heterocycles. The summed E-state index contributed by atoms with van der Waals surface area (Å²) in [7, 11) is 0. The average Bonchev–Trinajstić information content (AvgIpc) is 3.04. The van der Waals surface area contributed by atoms with Crippen molar-refractivity contribution in [2.45, 2.75) is 31.8 Å². The molecular weight excluding hydrogens is 334 g/mol. The van der Waals surface area contributed by atoms with Crippen LogP contribution in [0, 0.1) is 5.92 Å². The first-order chi connectivity index (χ1) is 12.7. The van der Waals surface area contributed by atoms with Crippen molar-refractivity contribution in [3.05, 3.63) is 36.4 Å². The van der Waals surface area contributed by atoms with Crippen molar-refractivity contribution < 1.29 is 9.59 Å². The van der Waals surface area contributed by atoms with E-state index < -0.39 is 0 Å². The Kier molecular flexibility index (Phi) is 4.59. The number of piperidine rings is 1. The molecule has 2 amide bonds. The van der Waals surface area contributed by atoms with Gasteiger partial charge in [0, 0.05) is 50.1 Å². The Labute approximate surface area is 151 Å². The number of rotatable bonds is 4. The molecule has 3 fully saturated rings. The summed E-state index contributed by atoms with van der Waals surface area (Å²) in [5.41, 5.74) is 0.651. The van der Waals surface area contributed by atoms with Gasteiger partial charge in [-0.15, -0.1) is 5.10 Å². The molecule has 2 aromatic rings. The number of aromatic nitrogens is 5. The van der Waals surface area contributed by atoms with Crippen LogP contribution in [0.3, 0.4) is 0 Å². The molecular formula is C17H21N7O2. The molecule has 0 N–H and O–H groups in total. The summed E-state index contributed by atoms with van der Waals surface area (Å²) in [6, 6.07) is 3.56. The minimum Gasteiger partial charge on any atom is -0.338 e. The Morgan fingerprint density at radius 3 is 2.73 bits per heavy atom. The predicted molar refractivity (Wildman–Crippen MR) is 90.8 cm³/mol. The lowest BCUT2D eigenvalue weighted by atomic mass is 9.94. The van der Waals surface area contributed by atoms with Crippen LogP contribution in [0.4, 0.5) is 0 Å². The highest BCUT2D eigenvalue weighted by atomic mass is 16.2. The second-order valence-electron chi connectivity index (χ2n) is 6.91. The summed E-state index contributed by atoms with van der Waals surface area (Å²) in [6.45, 7) is 2.49. The van der Waals surface area contributed by atoms with Gasteiger partial charge in [0.05, 0.1) is 6.54 Å². The van der Waals surface area contributed by atoms with E-state index in [2.05, 4.69) is 20.5 Å². The number of hydrogen-bond donors (Lipinski definition) is 0. The lowest BCUT2D eigenvalue weighted by Gasteiger charge is -2.36. The fourth-order valence-electron chi connectivity index (χ4n) is 3.87. The smallest absolute Gasteiger partial charge is 0.254 e. The minimum absolute atomic E-state index is 0.0206. The molecule has 0 aromatic carbocycles. The predicted octanol–water partition coefficient (Wildman–Crippen LogP) is 0.221. The molecule has 5 heterocycles. The molecule has 9 nitrogen and oxygen atoms in total. The van der Waals surface area contributed by atoms with Crippen molar-refractivity contribution >= 4 is 11.8 Å². The maximum atomic E-state index is 12.8. The van der Waals surface area contributed by atoms with E-state index in [0.29, 0.717) is 37.5 Å². The van der Waals surface area contributed by atoms with Gasteiger partial charge >= 0.3 is 0 Å². The van der Waals surface area contributed by atoms with Gasteiger partial charge in [-0.2, -0.15) is 0 Å². The van der Waals surface area contributed by atoms with Crippen LogP contribution in [0.15, 0.2) is 30.9 Å². The third kappa shape index (κ3) is 3.42. The zero-order valence-corrected chi connectivity index (χ0v) is 14.4. The molecule has 0 radical (unpaired) electrons. The summed E-state index contributed by atoms with van der Waals surface area (Å²) in [4.78, 5) is 33.3. The van der Waals surface area contributed by atoms with Crippen LogP contribution in [0.5, 0.6) is 0 Å². The minimum atomic E-state index is 0.0206. The number of carbonyl (C=O) groups excluding carboxylic acids is 2. The zero-order chi connectivity index (χ0) is 17.9. The Hall–Kier alpha value is -2.84. The molecule has 2 aromatic heterocycles. The van der Waals surface area contributed by atoms with E-state index >= 15 is 0 Å². The number of nitrogens with zero attached hydrogens (tertiary/aromatic N) is 7. The number of fused-ring (bicyclic) bond motifs is 4. The summed E-state index contributed by atoms with van der Waals surface area (Å²) in [5.74, 6) is 0.456. The monoisotopic (exact) mass is 355 g/mol. The first kappa shape index (κ1) is 16.6. The zero-order valence-electron chi connectivity index (χ0n) is 14.4. The third-order valence-electron chi connectivity index (χ3n) is 5.19. The number of amides is 2. The van der Waals surface area contributed by atoms with E-state index in [9.17, 15) is 9.59 Å². The molecule has 5 rings (SSSR count). The highest BCUT2D eigenvalue weighted by Crippen LogP contribution is 2.29. The molecule has 3 aliphatic heterocycles. The van der Waals surface area contributed by atoms with Crippen LogP contribution in [-0.2, 0) is 11.3 Å². The lowest BCUT2D eigenvalue weighted by Crippen LogP contribution is -2.47. The number of pyridine rings is 1. The van der Waals surface area contributed by atoms with Gasteiger partial charge in [-0.05, 0) is 41.3 Å². The molecule has 0 aliphatic carbocycles. The van der Waals surface area contributed by atoms with Gasteiger partial charge in [0.2, 0.25) is 5.91 Å². The van der Waals surface area contributed by atoms with Gasteiger partial charge in [0.1, 0.15) is 6.33 Å². The number of tetrazole rings is 1. The fourth-order valence-corrected chi connectivity index (χ4v) is 3.87. The largest absolute Gasteiger partial charge is 0.338 e. The van der Waals surface area contributed by atoms with E-state index in [1.54, 1.807) is 29.2 Å². The summed E-state index contributed by atoms with van der Waals surface area (Å²) >= 11 is 0. The van der Waals surface area contributed by atoms with Crippen LogP contribution < -0.4 is 0 Å². The standard InChI is InChI=1S/C17H21N7O2/c25-16(5-8-23-12-19-20-21-23)24-10-13-1-2-15(24)11-22(9-13)17(26)14-3-6-18-7-4-14/h3-4,6-7,12-13,15H,1-2,5,8-11H2/t13-,15+/m0/s1. The highest BCUT2D eigenvalue weighted by Gasteiger charge is 2.38. The van der Waals surface area contributed by atoms with Crippen molar-refractivity contribution in [1.82, 2.24) is 35.0 Å². The molecule has 2 bridgehead atoms. The number of carbonyl (C=O) groups is 2. The molecule has 3 aliphatic rings. The molecule has 9 heteroatoms. The van der Waals surface area contributed by atoms with E-state index in [1.807, 2.05) is 9.80 Å². The van der Waals surface area contributed by atoms with Gasteiger partial charge in [0.25, 0.3) is 5.91 Å².